The Morgan fingerprint density at radius 2 is 2.03 bits per heavy atom. The summed E-state index contributed by atoms with van der Waals surface area (Å²) in [6.07, 6.45) is 9.61. The van der Waals surface area contributed by atoms with Crippen molar-refractivity contribution < 1.29 is 29.0 Å². The van der Waals surface area contributed by atoms with E-state index in [0.29, 0.717) is 51.7 Å². The molecule has 2 unspecified atom stereocenters. The Bertz CT molecular complexity index is 786. The van der Waals surface area contributed by atoms with Crippen molar-refractivity contribution in [2.75, 3.05) is 32.8 Å². The monoisotopic (exact) mass is 490 g/mol. The SMILES string of the molecule is C=CCCCOC(=O)[C@@H]1[C@@H]2CCC3(O2)C(C(=O)N(CC=C)CCCC)N(CCCCCO)C(=O)[C@H]13. The fourth-order valence-electron chi connectivity index (χ4n) is 5.98. The highest BCUT2D eigenvalue weighted by molar-refractivity contribution is 5.98. The molecule has 0 aromatic carbocycles. The van der Waals surface area contributed by atoms with Crippen molar-refractivity contribution in [1.29, 1.82) is 0 Å². The first-order valence-corrected chi connectivity index (χ1v) is 13.2. The van der Waals surface area contributed by atoms with E-state index in [2.05, 4.69) is 20.1 Å². The van der Waals surface area contributed by atoms with Crippen LogP contribution < -0.4 is 0 Å². The maximum Gasteiger partial charge on any atom is 0.312 e. The summed E-state index contributed by atoms with van der Waals surface area (Å²) >= 11 is 0. The predicted octanol–water partition coefficient (Wildman–Crippen LogP) is 2.85. The van der Waals surface area contributed by atoms with E-state index in [1.165, 1.54) is 0 Å². The fraction of sp³-hybridized carbons (Fsp3) is 0.741. The number of likely N-dealkylation sites (tertiary alicyclic amines) is 1. The van der Waals surface area contributed by atoms with E-state index < -0.39 is 35.6 Å². The molecule has 3 saturated heterocycles. The number of carbonyl (C=O) groups is 3. The molecule has 2 amide bonds. The molecule has 3 fully saturated rings. The van der Waals surface area contributed by atoms with Crippen LogP contribution in [0.15, 0.2) is 25.3 Å². The third-order valence-corrected chi connectivity index (χ3v) is 7.60. The first-order chi connectivity index (χ1) is 17.0. The molecule has 0 aromatic rings. The largest absolute Gasteiger partial charge is 0.465 e. The lowest BCUT2D eigenvalue weighted by Crippen LogP contribution is -2.56. The molecule has 8 heteroatoms. The molecular weight excluding hydrogens is 448 g/mol. The Balaban J connectivity index is 1.88. The van der Waals surface area contributed by atoms with E-state index in [1.54, 1.807) is 22.0 Å². The summed E-state index contributed by atoms with van der Waals surface area (Å²) in [6, 6.07) is -0.755. The second-order valence-corrected chi connectivity index (χ2v) is 9.90. The Morgan fingerprint density at radius 1 is 1.23 bits per heavy atom. The van der Waals surface area contributed by atoms with Crippen LogP contribution in [0.2, 0.25) is 0 Å². The molecular formula is C27H42N2O6. The zero-order valence-electron chi connectivity index (χ0n) is 21.2. The van der Waals surface area contributed by atoms with Crippen LogP contribution >= 0.6 is 0 Å². The van der Waals surface area contributed by atoms with Gasteiger partial charge in [-0.1, -0.05) is 25.5 Å². The maximum atomic E-state index is 14.0. The van der Waals surface area contributed by atoms with E-state index in [1.807, 2.05) is 0 Å². The molecule has 0 saturated carbocycles. The number of esters is 1. The van der Waals surface area contributed by atoms with E-state index in [9.17, 15) is 14.4 Å². The minimum Gasteiger partial charge on any atom is -0.465 e. The molecule has 1 spiro atoms. The molecule has 3 rings (SSSR count). The quantitative estimate of drug-likeness (QED) is 0.203. The van der Waals surface area contributed by atoms with E-state index >= 15 is 0 Å². The van der Waals surface area contributed by atoms with Gasteiger partial charge in [0.25, 0.3) is 0 Å². The Kier molecular flexibility index (Phi) is 9.92. The van der Waals surface area contributed by atoms with Crippen LogP contribution in [-0.4, -0.2) is 83.3 Å². The van der Waals surface area contributed by atoms with E-state index in [4.69, 9.17) is 14.6 Å². The maximum absolute atomic E-state index is 14.0. The van der Waals surface area contributed by atoms with Gasteiger partial charge in [-0.25, -0.2) is 0 Å². The number of nitrogens with zero attached hydrogens (tertiary/aromatic N) is 2. The molecule has 2 bridgehead atoms. The van der Waals surface area contributed by atoms with E-state index in [-0.39, 0.29) is 25.0 Å². The van der Waals surface area contributed by atoms with Crippen LogP contribution in [0, 0.1) is 11.8 Å². The molecule has 3 aliphatic heterocycles. The van der Waals surface area contributed by atoms with Gasteiger partial charge < -0.3 is 24.4 Å². The highest BCUT2D eigenvalue weighted by Crippen LogP contribution is 2.58. The van der Waals surface area contributed by atoms with Crippen LogP contribution in [0.4, 0.5) is 0 Å². The summed E-state index contributed by atoms with van der Waals surface area (Å²) in [6.45, 7) is 11.3. The lowest BCUT2D eigenvalue weighted by atomic mass is 9.70. The molecule has 8 nitrogen and oxygen atoms in total. The molecule has 35 heavy (non-hydrogen) atoms. The topological polar surface area (TPSA) is 96.4 Å². The fourth-order valence-corrected chi connectivity index (χ4v) is 5.98. The van der Waals surface area contributed by atoms with Crippen molar-refractivity contribution in [2.45, 2.75) is 82.5 Å². The number of aliphatic hydroxyl groups is 1. The van der Waals surface area contributed by atoms with Gasteiger partial charge in [0.05, 0.1) is 24.5 Å². The highest BCUT2D eigenvalue weighted by Gasteiger charge is 2.74. The zero-order chi connectivity index (χ0) is 25.4. The van der Waals surface area contributed by atoms with Gasteiger partial charge >= 0.3 is 5.97 Å². The molecule has 3 aliphatic rings. The van der Waals surface area contributed by atoms with Crippen LogP contribution in [0.1, 0.15) is 64.7 Å². The minimum atomic E-state index is -0.994. The average molecular weight is 491 g/mol. The van der Waals surface area contributed by atoms with Crippen molar-refractivity contribution in [1.82, 2.24) is 9.80 Å². The summed E-state index contributed by atoms with van der Waals surface area (Å²) < 4.78 is 12.0. The minimum absolute atomic E-state index is 0.0948. The number of carbonyl (C=O) groups excluding carboxylic acids is 3. The smallest absolute Gasteiger partial charge is 0.312 e. The summed E-state index contributed by atoms with van der Waals surface area (Å²) in [5.41, 5.74) is -0.994. The average Bonchev–Trinajstić information content (AvgIpc) is 3.49. The normalized spacial score (nSPS) is 28.7. The molecule has 5 atom stereocenters. The molecule has 1 N–H and O–H groups in total. The van der Waals surface area contributed by atoms with Gasteiger partial charge in [-0.2, -0.15) is 0 Å². The number of hydrogen-bond donors (Lipinski definition) is 1. The first kappa shape index (κ1) is 27.4. The molecule has 196 valence electrons. The molecule has 0 radical (unpaired) electrons. The lowest BCUT2D eigenvalue weighted by molar-refractivity contribution is -0.155. The molecule has 0 aromatic heterocycles. The van der Waals surface area contributed by atoms with Gasteiger partial charge in [0.15, 0.2) is 0 Å². The van der Waals surface area contributed by atoms with Crippen molar-refractivity contribution in [2.24, 2.45) is 11.8 Å². The highest BCUT2D eigenvalue weighted by atomic mass is 16.6. The van der Waals surface area contributed by atoms with Crippen molar-refractivity contribution in [3.05, 3.63) is 25.3 Å². The van der Waals surface area contributed by atoms with Crippen molar-refractivity contribution in [3.8, 4) is 0 Å². The van der Waals surface area contributed by atoms with Crippen molar-refractivity contribution in [3.63, 3.8) is 0 Å². The van der Waals surface area contributed by atoms with Gasteiger partial charge in [0, 0.05) is 26.2 Å². The number of fused-ring (bicyclic) bond motifs is 1. The second-order valence-electron chi connectivity index (χ2n) is 9.90. The predicted molar refractivity (Wildman–Crippen MR) is 132 cm³/mol. The van der Waals surface area contributed by atoms with Gasteiger partial charge in [0.1, 0.15) is 11.6 Å². The Hall–Kier alpha value is -2.19. The summed E-state index contributed by atoms with van der Waals surface area (Å²) in [4.78, 5) is 44.3. The first-order valence-electron chi connectivity index (χ1n) is 13.2. The van der Waals surface area contributed by atoms with Crippen LogP contribution in [0.3, 0.4) is 0 Å². The summed E-state index contributed by atoms with van der Waals surface area (Å²) in [5.74, 6) is -2.09. The number of unbranched alkanes of at least 4 members (excludes halogenated alkanes) is 4. The van der Waals surface area contributed by atoms with Gasteiger partial charge in [-0.3, -0.25) is 14.4 Å². The van der Waals surface area contributed by atoms with E-state index in [0.717, 1.165) is 25.7 Å². The summed E-state index contributed by atoms with van der Waals surface area (Å²) in [5, 5.41) is 9.15. The van der Waals surface area contributed by atoms with Crippen LogP contribution in [0.25, 0.3) is 0 Å². The molecule has 3 heterocycles. The van der Waals surface area contributed by atoms with Crippen LogP contribution in [-0.2, 0) is 23.9 Å². The zero-order valence-corrected chi connectivity index (χ0v) is 21.2. The standard InChI is InChI=1S/C27H42N2O6/c1-4-7-12-19-34-26(33)21-20-13-14-27(35-20)22(21)24(31)29(17-10-9-11-18-30)23(27)25(32)28(15-6-3)16-8-5-2/h4,6,20-23,30H,1,3,5,7-19H2,2H3/t20-,21+,22-,23?,27?/m0/s1. The Labute approximate surface area is 209 Å². The van der Waals surface area contributed by atoms with Gasteiger partial charge in [-0.05, 0) is 51.4 Å². The number of amides is 2. The van der Waals surface area contributed by atoms with Gasteiger partial charge in [0.2, 0.25) is 11.8 Å². The number of aliphatic hydroxyl groups excluding tert-OH is 1. The number of allylic oxidation sites excluding steroid dienone is 1. The van der Waals surface area contributed by atoms with Crippen LogP contribution in [0.5, 0.6) is 0 Å². The van der Waals surface area contributed by atoms with Gasteiger partial charge in [-0.15, -0.1) is 13.2 Å². The Morgan fingerprint density at radius 3 is 2.71 bits per heavy atom. The lowest BCUT2D eigenvalue weighted by Gasteiger charge is -2.36. The second kappa shape index (κ2) is 12.7. The number of ether oxygens (including phenoxy) is 2. The number of rotatable bonds is 16. The van der Waals surface area contributed by atoms with Crippen molar-refractivity contribution >= 4 is 17.8 Å². The molecule has 0 aliphatic carbocycles. The third kappa shape index (κ3) is 5.48. The third-order valence-electron chi connectivity index (χ3n) is 7.60. The summed E-state index contributed by atoms with van der Waals surface area (Å²) in [7, 11) is 0. The number of hydrogen-bond acceptors (Lipinski definition) is 6.